The zero-order valence-corrected chi connectivity index (χ0v) is 15.2. The summed E-state index contributed by atoms with van der Waals surface area (Å²) < 4.78 is 8.79. The lowest BCUT2D eigenvalue weighted by molar-refractivity contribution is 0.252. The third kappa shape index (κ3) is 5.13. The number of benzene rings is 1. The van der Waals surface area contributed by atoms with Gasteiger partial charge in [0.25, 0.3) is 0 Å². The van der Waals surface area contributed by atoms with Crippen molar-refractivity contribution in [2.45, 2.75) is 19.8 Å². The lowest BCUT2D eigenvalue weighted by atomic mass is 10.1. The molecule has 5 heteroatoms. The zero-order chi connectivity index (χ0) is 12.8. The van der Waals surface area contributed by atoms with Gasteiger partial charge in [0.2, 0.25) is 0 Å². The van der Waals surface area contributed by atoms with Crippen LogP contribution in [0.5, 0.6) is 5.75 Å². The van der Waals surface area contributed by atoms with Crippen LogP contribution < -0.4 is 4.74 Å². The maximum absolute atomic E-state index is 5.86. The minimum absolute atomic E-state index is 0.505. The first-order chi connectivity index (χ1) is 8.08. The van der Waals surface area contributed by atoms with E-state index < -0.39 is 0 Å². The van der Waals surface area contributed by atoms with E-state index in [9.17, 15) is 0 Å². The van der Waals surface area contributed by atoms with Gasteiger partial charge in [-0.1, -0.05) is 29.3 Å². The van der Waals surface area contributed by atoms with E-state index in [1.165, 1.54) is 0 Å². The molecule has 1 nitrogen and oxygen atoms in total. The predicted octanol–water partition coefficient (Wildman–Crippen LogP) is 5.70. The lowest BCUT2D eigenvalue weighted by Gasteiger charge is -2.16. The van der Waals surface area contributed by atoms with Crippen molar-refractivity contribution in [2.75, 3.05) is 12.4 Å². The molecule has 0 heterocycles. The third-order valence-corrected chi connectivity index (χ3v) is 4.53. The van der Waals surface area contributed by atoms with Crippen molar-refractivity contribution in [1.82, 2.24) is 0 Å². The summed E-state index contributed by atoms with van der Waals surface area (Å²) in [5.41, 5.74) is 0. The first kappa shape index (κ1) is 15.9. The Hall–Kier alpha value is 0.810. The van der Waals surface area contributed by atoms with Crippen molar-refractivity contribution in [1.29, 1.82) is 0 Å². The Labute approximate surface area is 133 Å². The molecule has 0 saturated carbocycles. The molecule has 0 spiro atoms. The molecule has 96 valence electrons. The Morgan fingerprint density at radius 2 is 1.82 bits per heavy atom. The molecule has 0 radical (unpaired) electrons. The molecule has 0 aliphatic carbocycles. The van der Waals surface area contributed by atoms with Crippen LogP contribution in [0.1, 0.15) is 19.8 Å². The monoisotopic (exact) mass is 444 g/mol. The van der Waals surface area contributed by atoms with E-state index >= 15 is 0 Å². The first-order valence-electron chi connectivity index (χ1n) is 5.46. The van der Waals surface area contributed by atoms with Gasteiger partial charge in [0.1, 0.15) is 5.75 Å². The normalized spacial score (nSPS) is 12.5. The van der Waals surface area contributed by atoms with Crippen LogP contribution in [0.2, 0.25) is 0 Å². The molecule has 1 unspecified atom stereocenters. The summed E-state index contributed by atoms with van der Waals surface area (Å²) >= 11 is 14.8. The van der Waals surface area contributed by atoms with Crippen molar-refractivity contribution >= 4 is 60.4 Å². The molecular weight excluding hydrogens is 432 g/mol. The quantitative estimate of drug-likeness (QED) is 0.551. The van der Waals surface area contributed by atoms with Gasteiger partial charge in [0, 0.05) is 10.4 Å². The van der Waals surface area contributed by atoms with Crippen LogP contribution in [0.4, 0.5) is 0 Å². The van der Waals surface area contributed by atoms with Crippen LogP contribution in [-0.2, 0) is 0 Å². The highest BCUT2D eigenvalue weighted by Gasteiger charge is 2.11. The number of thiol groups is 1. The molecule has 1 atom stereocenters. The molecule has 1 rings (SSSR count). The summed E-state index contributed by atoms with van der Waals surface area (Å²) in [6, 6.07) is 3.96. The molecule has 17 heavy (non-hydrogen) atoms. The van der Waals surface area contributed by atoms with E-state index in [2.05, 4.69) is 67.3 Å². The molecule has 0 aromatic heterocycles. The van der Waals surface area contributed by atoms with Crippen LogP contribution in [0.15, 0.2) is 25.6 Å². The highest BCUT2D eigenvalue weighted by molar-refractivity contribution is 9.11. The SMILES string of the molecule is CCCC(CS)COc1c(Br)cc(Br)cc1Br. The summed E-state index contributed by atoms with van der Waals surface area (Å²) in [5, 5.41) is 0. The van der Waals surface area contributed by atoms with Gasteiger partial charge in [-0.2, -0.15) is 12.6 Å². The molecular formula is C12H15Br3OS. The Morgan fingerprint density at radius 1 is 1.24 bits per heavy atom. The first-order valence-corrected chi connectivity index (χ1v) is 8.47. The van der Waals surface area contributed by atoms with Crippen molar-refractivity contribution in [3.8, 4) is 5.75 Å². The topological polar surface area (TPSA) is 9.23 Å². The van der Waals surface area contributed by atoms with Gasteiger partial charge in [-0.3, -0.25) is 0 Å². The van der Waals surface area contributed by atoms with Crippen molar-refractivity contribution < 1.29 is 4.74 Å². The molecule has 0 bridgehead atoms. The Kier molecular flexibility index (Phi) is 7.54. The van der Waals surface area contributed by atoms with Gasteiger partial charge in [-0.25, -0.2) is 0 Å². The number of hydrogen-bond acceptors (Lipinski definition) is 2. The Balaban J connectivity index is 2.68. The highest BCUT2D eigenvalue weighted by atomic mass is 79.9. The molecule has 0 aliphatic rings. The van der Waals surface area contributed by atoms with Crippen LogP contribution >= 0.6 is 60.4 Å². The second kappa shape index (κ2) is 8.08. The largest absolute Gasteiger partial charge is 0.491 e. The molecule has 1 aromatic carbocycles. The molecule has 0 N–H and O–H groups in total. The van der Waals surface area contributed by atoms with Crippen LogP contribution in [0.25, 0.3) is 0 Å². The maximum atomic E-state index is 5.86. The third-order valence-electron chi connectivity index (χ3n) is 2.38. The number of hydrogen-bond donors (Lipinski definition) is 1. The van der Waals surface area contributed by atoms with Gasteiger partial charge in [0.15, 0.2) is 0 Å². The van der Waals surface area contributed by atoms with Crippen LogP contribution in [0, 0.1) is 5.92 Å². The van der Waals surface area contributed by atoms with E-state index in [1.54, 1.807) is 0 Å². The summed E-state index contributed by atoms with van der Waals surface area (Å²) in [7, 11) is 0. The molecule has 0 fully saturated rings. The standard InChI is InChI=1S/C12H15Br3OS/c1-2-3-8(7-17)6-16-12-10(14)4-9(13)5-11(12)15/h4-5,8,17H,2-3,6-7H2,1H3. The second-order valence-electron chi connectivity index (χ2n) is 3.85. The van der Waals surface area contributed by atoms with E-state index in [1.807, 2.05) is 12.1 Å². The highest BCUT2D eigenvalue weighted by Crippen LogP contribution is 2.36. The summed E-state index contributed by atoms with van der Waals surface area (Å²) in [6.45, 7) is 2.89. The fraction of sp³-hybridized carbons (Fsp3) is 0.500. The van der Waals surface area contributed by atoms with Gasteiger partial charge >= 0.3 is 0 Å². The Morgan fingerprint density at radius 3 is 2.29 bits per heavy atom. The molecule has 0 saturated heterocycles. The van der Waals surface area contributed by atoms with Crippen molar-refractivity contribution in [3.63, 3.8) is 0 Å². The van der Waals surface area contributed by atoms with E-state index in [4.69, 9.17) is 4.74 Å². The summed E-state index contributed by atoms with van der Waals surface area (Å²) in [6.07, 6.45) is 2.31. The van der Waals surface area contributed by atoms with Crippen molar-refractivity contribution in [2.24, 2.45) is 5.92 Å². The smallest absolute Gasteiger partial charge is 0.147 e. The van der Waals surface area contributed by atoms with E-state index in [0.29, 0.717) is 12.5 Å². The summed E-state index contributed by atoms with van der Waals surface area (Å²) in [4.78, 5) is 0. The van der Waals surface area contributed by atoms with Gasteiger partial charge < -0.3 is 4.74 Å². The summed E-state index contributed by atoms with van der Waals surface area (Å²) in [5.74, 6) is 2.22. The average Bonchev–Trinajstić information content (AvgIpc) is 2.26. The molecule has 0 amide bonds. The van der Waals surface area contributed by atoms with E-state index in [-0.39, 0.29) is 0 Å². The maximum Gasteiger partial charge on any atom is 0.147 e. The van der Waals surface area contributed by atoms with Crippen molar-refractivity contribution in [3.05, 3.63) is 25.6 Å². The fourth-order valence-corrected chi connectivity index (χ4v) is 4.28. The van der Waals surface area contributed by atoms with Gasteiger partial charge in [0.05, 0.1) is 15.6 Å². The lowest BCUT2D eigenvalue weighted by Crippen LogP contribution is -2.14. The predicted molar refractivity (Wildman–Crippen MR) is 87.3 cm³/mol. The number of rotatable bonds is 6. The molecule has 0 aliphatic heterocycles. The fourth-order valence-electron chi connectivity index (χ4n) is 1.50. The molecule has 1 aromatic rings. The number of ether oxygens (including phenoxy) is 1. The van der Waals surface area contributed by atoms with Gasteiger partial charge in [-0.05, 0) is 56.2 Å². The van der Waals surface area contributed by atoms with Crippen LogP contribution in [-0.4, -0.2) is 12.4 Å². The second-order valence-corrected chi connectivity index (χ2v) is 6.84. The number of halogens is 3. The minimum Gasteiger partial charge on any atom is -0.491 e. The Bertz CT molecular complexity index is 348. The van der Waals surface area contributed by atoms with E-state index in [0.717, 1.165) is 37.8 Å². The van der Waals surface area contributed by atoms with Crippen LogP contribution in [0.3, 0.4) is 0 Å². The van der Waals surface area contributed by atoms with Gasteiger partial charge in [-0.15, -0.1) is 0 Å². The average molecular weight is 447 g/mol. The minimum atomic E-state index is 0.505. The zero-order valence-electron chi connectivity index (χ0n) is 9.55.